The van der Waals surface area contributed by atoms with Crippen molar-refractivity contribution in [3.8, 4) is 0 Å². The Morgan fingerprint density at radius 1 is 1.31 bits per heavy atom. The monoisotopic (exact) mass is 356 g/mol. The number of rotatable bonds is 7. The van der Waals surface area contributed by atoms with Crippen LogP contribution in [0.15, 0.2) is 36.4 Å². The summed E-state index contributed by atoms with van der Waals surface area (Å²) in [5, 5.41) is 10.1. The minimum absolute atomic E-state index is 0.0208. The first-order chi connectivity index (χ1) is 12.5. The molecule has 2 heterocycles. The molecular weight excluding hydrogens is 332 g/mol. The SMILES string of the molecule is CC(C)NC(=O)c1cc2n(n1)CC(NC(=O)COCc1ccccc1)C2. The normalized spacial score (nSPS) is 15.7. The highest BCUT2D eigenvalue weighted by molar-refractivity contribution is 5.92. The van der Waals surface area contributed by atoms with Gasteiger partial charge in [0.15, 0.2) is 0 Å². The van der Waals surface area contributed by atoms with Crippen molar-refractivity contribution in [2.45, 2.75) is 45.5 Å². The van der Waals surface area contributed by atoms with Crippen molar-refractivity contribution in [1.82, 2.24) is 20.4 Å². The molecular formula is C19H24N4O3. The van der Waals surface area contributed by atoms with Crippen LogP contribution in [-0.2, 0) is 29.1 Å². The summed E-state index contributed by atoms with van der Waals surface area (Å²) in [4.78, 5) is 24.0. The number of nitrogens with one attached hydrogen (secondary N) is 2. The predicted molar refractivity (Wildman–Crippen MR) is 96.6 cm³/mol. The van der Waals surface area contributed by atoms with Gasteiger partial charge in [-0.25, -0.2) is 0 Å². The van der Waals surface area contributed by atoms with Gasteiger partial charge in [-0.2, -0.15) is 5.10 Å². The molecule has 26 heavy (non-hydrogen) atoms. The Bertz CT molecular complexity index is 747. The van der Waals surface area contributed by atoms with Crippen LogP contribution in [0, 0.1) is 0 Å². The third-order valence-corrected chi connectivity index (χ3v) is 4.07. The first kappa shape index (κ1) is 18.1. The third-order valence-electron chi connectivity index (χ3n) is 4.07. The predicted octanol–water partition coefficient (Wildman–Crippen LogP) is 1.28. The van der Waals surface area contributed by atoms with Crippen molar-refractivity contribution in [2.24, 2.45) is 0 Å². The number of aromatic nitrogens is 2. The van der Waals surface area contributed by atoms with Crippen LogP contribution in [0.4, 0.5) is 0 Å². The summed E-state index contributed by atoms with van der Waals surface area (Å²) in [6.07, 6.45) is 0.659. The van der Waals surface area contributed by atoms with Crippen LogP contribution >= 0.6 is 0 Å². The first-order valence-corrected chi connectivity index (χ1v) is 8.80. The smallest absolute Gasteiger partial charge is 0.271 e. The van der Waals surface area contributed by atoms with Crippen molar-refractivity contribution in [3.05, 3.63) is 53.3 Å². The minimum atomic E-state index is -0.170. The van der Waals surface area contributed by atoms with Crippen molar-refractivity contribution in [1.29, 1.82) is 0 Å². The summed E-state index contributed by atoms with van der Waals surface area (Å²) >= 11 is 0. The molecule has 1 aromatic heterocycles. The lowest BCUT2D eigenvalue weighted by Gasteiger charge is -2.12. The zero-order valence-electron chi connectivity index (χ0n) is 15.1. The fourth-order valence-corrected chi connectivity index (χ4v) is 2.95. The van der Waals surface area contributed by atoms with Crippen LogP contribution in [0.2, 0.25) is 0 Å². The van der Waals surface area contributed by atoms with Gasteiger partial charge in [-0.15, -0.1) is 0 Å². The molecule has 138 valence electrons. The molecule has 0 fully saturated rings. The van der Waals surface area contributed by atoms with Crippen molar-refractivity contribution in [2.75, 3.05) is 6.61 Å². The molecule has 7 heteroatoms. The zero-order chi connectivity index (χ0) is 18.5. The fourth-order valence-electron chi connectivity index (χ4n) is 2.95. The molecule has 0 radical (unpaired) electrons. The topological polar surface area (TPSA) is 85.3 Å². The summed E-state index contributed by atoms with van der Waals surface area (Å²) in [5.41, 5.74) is 2.41. The lowest BCUT2D eigenvalue weighted by Crippen LogP contribution is -2.38. The van der Waals surface area contributed by atoms with E-state index < -0.39 is 0 Å². The number of ether oxygens (including phenoxy) is 1. The molecule has 0 saturated heterocycles. The standard InChI is InChI=1S/C19H24N4O3/c1-13(2)20-19(25)17-9-16-8-15(10-23(16)22-17)21-18(24)12-26-11-14-6-4-3-5-7-14/h3-7,9,13,15H,8,10-12H2,1-2H3,(H,20,25)(H,21,24). The Hall–Kier alpha value is -2.67. The molecule has 2 aromatic rings. The van der Waals surface area contributed by atoms with Gasteiger partial charge in [-0.05, 0) is 25.5 Å². The summed E-state index contributed by atoms with van der Waals surface area (Å²) in [6.45, 7) is 4.82. The highest BCUT2D eigenvalue weighted by atomic mass is 16.5. The minimum Gasteiger partial charge on any atom is -0.367 e. The number of hydrogen-bond donors (Lipinski definition) is 2. The summed E-state index contributed by atoms with van der Waals surface area (Å²) < 4.78 is 7.23. The van der Waals surface area contributed by atoms with E-state index in [1.54, 1.807) is 10.7 Å². The van der Waals surface area contributed by atoms with Gasteiger partial charge in [-0.1, -0.05) is 30.3 Å². The van der Waals surface area contributed by atoms with Gasteiger partial charge in [0, 0.05) is 18.2 Å². The molecule has 7 nitrogen and oxygen atoms in total. The number of amides is 2. The Balaban J connectivity index is 1.43. The van der Waals surface area contributed by atoms with E-state index in [-0.39, 0.29) is 30.5 Å². The van der Waals surface area contributed by atoms with Crippen LogP contribution in [-0.4, -0.2) is 40.3 Å². The highest BCUT2D eigenvalue weighted by Gasteiger charge is 2.26. The molecule has 1 unspecified atom stereocenters. The number of fused-ring (bicyclic) bond motifs is 1. The number of carbonyl (C=O) groups excluding carboxylic acids is 2. The number of benzene rings is 1. The summed E-state index contributed by atoms with van der Waals surface area (Å²) in [6, 6.07) is 11.6. The van der Waals surface area contributed by atoms with Gasteiger partial charge in [0.05, 0.1) is 19.2 Å². The molecule has 0 saturated carbocycles. The van der Waals surface area contributed by atoms with E-state index in [0.29, 0.717) is 25.3 Å². The first-order valence-electron chi connectivity index (χ1n) is 8.80. The Kier molecular flexibility index (Phi) is 5.68. The van der Waals surface area contributed by atoms with Gasteiger partial charge >= 0.3 is 0 Å². The molecule has 2 N–H and O–H groups in total. The van der Waals surface area contributed by atoms with Crippen LogP contribution in [0.1, 0.15) is 35.6 Å². The molecule has 2 amide bonds. The average molecular weight is 356 g/mol. The van der Waals surface area contributed by atoms with Crippen LogP contribution in [0.3, 0.4) is 0 Å². The zero-order valence-corrected chi connectivity index (χ0v) is 15.1. The van der Waals surface area contributed by atoms with Crippen LogP contribution in [0.5, 0.6) is 0 Å². The quantitative estimate of drug-likeness (QED) is 0.783. The van der Waals surface area contributed by atoms with E-state index >= 15 is 0 Å². The number of hydrogen-bond acceptors (Lipinski definition) is 4. The molecule has 1 aliphatic rings. The second-order valence-electron chi connectivity index (χ2n) is 6.78. The molecule has 0 spiro atoms. The molecule has 1 aliphatic heterocycles. The third kappa shape index (κ3) is 4.70. The van der Waals surface area contributed by atoms with E-state index in [2.05, 4.69) is 15.7 Å². The maximum absolute atomic E-state index is 12.0. The van der Waals surface area contributed by atoms with Crippen LogP contribution in [0.25, 0.3) is 0 Å². The highest BCUT2D eigenvalue weighted by Crippen LogP contribution is 2.16. The number of nitrogens with zero attached hydrogens (tertiary/aromatic N) is 2. The second kappa shape index (κ2) is 8.14. The second-order valence-corrected chi connectivity index (χ2v) is 6.78. The lowest BCUT2D eigenvalue weighted by atomic mass is 10.2. The van der Waals surface area contributed by atoms with Crippen molar-refractivity contribution >= 4 is 11.8 Å². The van der Waals surface area contributed by atoms with E-state index in [1.807, 2.05) is 44.2 Å². The molecule has 1 atom stereocenters. The summed E-state index contributed by atoms with van der Waals surface area (Å²) in [7, 11) is 0. The van der Waals surface area contributed by atoms with Gasteiger partial charge < -0.3 is 15.4 Å². The molecule has 0 bridgehead atoms. The molecule has 1 aromatic carbocycles. The molecule has 3 rings (SSSR count). The van der Waals surface area contributed by atoms with E-state index in [4.69, 9.17) is 4.74 Å². The Labute approximate surface area is 152 Å². The Morgan fingerprint density at radius 3 is 2.77 bits per heavy atom. The van der Waals surface area contributed by atoms with E-state index in [0.717, 1.165) is 11.3 Å². The van der Waals surface area contributed by atoms with Gasteiger partial charge in [0.2, 0.25) is 5.91 Å². The fraction of sp³-hybridized carbons (Fsp3) is 0.421. The maximum atomic E-state index is 12.0. The van der Waals surface area contributed by atoms with Gasteiger partial charge in [0.1, 0.15) is 12.3 Å². The van der Waals surface area contributed by atoms with Gasteiger partial charge in [0.25, 0.3) is 5.91 Å². The lowest BCUT2D eigenvalue weighted by molar-refractivity contribution is -0.126. The van der Waals surface area contributed by atoms with Crippen molar-refractivity contribution < 1.29 is 14.3 Å². The Morgan fingerprint density at radius 2 is 2.08 bits per heavy atom. The largest absolute Gasteiger partial charge is 0.367 e. The maximum Gasteiger partial charge on any atom is 0.271 e. The van der Waals surface area contributed by atoms with Crippen LogP contribution < -0.4 is 10.6 Å². The van der Waals surface area contributed by atoms with Gasteiger partial charge in [-0.3, -0.25) is 14.3 Å². The summed E-state index contributed by atoms with van der Waals surface area (Å²) in [5.74, 6) is -0.314. The van der Waals surface area contributed by atoms with E-state index in [9.17, 15) is 9.59 Å². The molecule has 0 aliphatic carbocycles. The van der Waals surface area contributed by atoms with Crippen molar-refractivity contribution in [3.63, 3.8) is 0 Å². The number of carbonyl (C=O) groups is 2. The average Bonchev–Trinajstić information content (AvgIpc) is 3.13. The van der Waals surface area contributed by atoms with E-state index in [1.165, 1.54) is 0 Å².